The molecular weight excluding hydrogens is 391 g/mol. The van der Waals surface area contributed by atoms with Crippen LogP contribution in [0.25, 0.3) is 17.4 Å². The number of benzene rings is 2. The highest BCUT2D eigenvalue weighted by atomic mass is 19.1. The van der Waals surface area contributed by atoms with Crippen LogP contribution in [-0.2, 0) is 11.3 Å². The zero-order chi connectivity index (χ0) is 21.3. The van der Waals surface area contributed by atoms with Crippen LogP contribution < -0.4 is 10.4 Å². The fourth-order valence-electron chi connectivity index (χ4n) is 3.04. The lowest BCUT2D eigenvalue weighted by Crippen LogP contribution is -2.30. The van der Waals surface area contributed by atoms with E-state index in [0.29, 0.717) is 11.3 Å². The normalized spacial score (nSPS) is 15.0. The first-order valence-corrected chi connectivity index (χ1v) is 8.92. The largest absolute Gasteiger partial charge is 0.545 e. The first kappa shape index (κ1) is 19.1. The van der Waals surface area contributed by atoms with E-state index in [4.69, 9.17) is 4.42 Å². The van der Waals surface area contributed by atoms with Crippen molar-refractivity contribution in [2.24, 2.45) is 0 Å². The number of furan rings is 1. The third-order valence-electron chi connectivity index (χ3n) is 4.54. The van der Waals surface area contributed by atoms with Crippen molar-refractivity contribution in [1.82, 2.24) is 10.2 Å². The molecule has 0 radical (unpaired) electrons. The van der Waals surface area contributed by atoms with Crippen LogP contribution in [-0.4, -0.2) is 22.8 Å². The van der Waals surface area contributed by atoms with Gasteiger partial charge in [-0.1, -0.05) is 36.4 Å². The van der Waals surface area contributed by atoms with Gasteiger partial charge in [-0.15, -0.1) is 0 Å². The minimum Gasteiger partial charge on any atom is -0.545 e. The zero-order valence-electron chi connectivity index (χ0n) is 15.4. The molecule has 1 saturated heterocycles. The van der Waals surface area contributed by atoms with Gasteiger partial charge in [0.25, 0.3) is 5.91 Å². The number of rotatable bonds is 5. The van der Waals surface area contributed by atoms with Crippen molar-refractivity contribution >= 4 is 24.0 Å². The maximum Gasteiger partial charge on any atom is 0.329 e. The molecule has 0 saturated carbocycles. The maximum absolute atomic E-state index is 13.8. The Morgan fingerprint density at radius 1 is 1.10 bits per heavy atom. The minimum atomic E-state index is -1.31. The van der Waals surface area contributed by atoms with Crippen LogP contribution in [0.15, 0.2) is 70.8 Å². The molecule has 4 rings (SSSR count). The summed E-state index contributed by atoms with van der Waals surface area (Å²) >= 11 is 0. The first-order chi connectivity index (χ1) is 14.4. The molecule has 1 aliphatic heterocycles. The number of carboxylic acid groups (broad SMARTS) is 1. The molecule has 2 aromatic carbocycles. The predicted molar refractivity (Wildman–Crippen MR) is 102 cm³/mol. The number of carbonyl (C=O) groups excluding carboxylic acids is 3. The molecule has 1 N–H and O–H groups in total. The van der Waals surface area contributed by atoms with Crippen LogP contribution in [0.5, 0.6) is 0 Å². The van der Waals surface area contributed by atoms with E-state index in [2.05, 4.69) is 5.32 Å². The molecule has 0 spiro atoms. The van der Waals surface area contributed by atoms with Gasteiger partial charge in [0.15, 0.2) is 0 Å². The maximum atomic E-state index is 13.8. The van der Waals surface area contributed by atoms with Gasteiger partial charge in [-0.05, 0) is 29.8 Å². The highest BCUT2D eigenvalue weighted by molar-refractivity contribution is 6.13. The SMILES string of the molecule is O=C([O-])c1cccc(-c2ccc(/C=C3\NC(=O)N(Cc4ccccc4F)C3=O)o2)c1. The Morgan fingerprint density at radius 2 is 1.90 bits per heavy atom. The monoisotopic (exact) mass is 405 g/mol. The molecule has 2 heterocycles. The van der Waals surface area contributed by atoms with Crippen LogP contribution in [0, 0.1) is 5.82 Å². The summed E-state index contributed by atoms with van der Waals surface area (Å²) in [5.74, 6) is -1.77. The highest BCUT2D eigenvalue weighted by Gasteiger charge is 2.34. The van der Waals surface area contributed by atoms with Crippen LogP contribution in [0.1, 0.15) is 21.7 Å². The predicted octanol–water partition coefficient (Wildman–Crippen LogP) is 2.54. The lowest BCUT2D eigenvalue weighted by molar-refractivity contribution is -0.255. The topological polar surface area (TPSA) is 103 Å². The van der Waals surface area contributed by atoms with E-state index in [0.717, 1.165) is 4.90 Å². The molecule has 30 heavy (non-hydrogen) atoms. The summed E-state index contributed by atoms with van der Waals surface area (Å²) in [5, 5.41) is 13.5. The highest BCUT2D eigenvalue weighted by Crippen LogP contribution is 2.25. The average molecular weight is 405 g/mol. The van der Waals surface area contributed by atoms with Crippen molar-refractivity contribution in [3.63, 3.8) is 0 Å². The number of nitrogens with one attached hydrogen (secondary N) is 1. The second-order valence-electron chi connectivity index (χ2n) is 6.54. The zero-order valence-corrected chi connectivity index (χ0v) is 15.4. The Hall–Kier alpha value is -4.20. The van der Waals surface area contributed by atoms with Crippen LogP contribution in [0.2, 0.25) is 0 Å². The number of carboxylic acids is 1. The van der Waals surface area contributed by atoms with E-state index in [-0.39, 0.29) is 29.1 Å². The smallest absolute Gasteiger partial charge is 0.329 e. The lowest BCUT2D eigenvalue weighted by Gasteiger charge is -2.12. The molecule has 150 valence electrons. The van der Waals surface area contributed by atoms with E-state index < -0.39 is 23.7 Å². The first-order valence-electron chi connectivity index (χ1n) is 8.92. The van der Waals surface area contributed by atoms with Gasteiger partial charge < -0.3 is 19.6 Å². The van der Waals surface area contributed by atoms with E-state index in [1.165, 1.54) is 36.4 Å². The Balaban J connectivity index is 1.55. The molecule has 0 bridgehead atoms. The number of amides is 3. The van der Waals surface area contributed by atoms with Gasteiger partial charge in [0.2, 0.25) is 0 Å². The van der Waals surface area contributed by atoms with Gasteiger partial charge in [-0.2, -0.15) is 0 Å². The van der Waals surface area contributed by atoms with Gasteiger partial charge in [-0.3, -0.25) is 9.69 Å². The Kier molecular flexibility index (Phi) is 4.89. The molecule has 7 nitrogen and oxygen atoms in total. The fourth-order valence-corrected chi connectivity index (χ4v) is 3.04. The van der Waals surface area contributed by atoms with Crippen LogP contribution in [0.4, 0.5) is 9.18 Å². The van der Waals surface area contributed by atoms with Crippen LogP contribution >= 0.6 is 0 Å². The van der Waals surface area contributed by atoms with Crippen molar-refractivity contribution in [2.75, 3.05) is 0 Å². The molecule has 0 unspecified atom stereocenters. The minimum absolute atomic E-state index is 0.00539. The summed E-state index contributed by atoms with van der Waals surface area (Å²) in [6.45, 7) is -0.200. The van der Waals surface area contributed by atoms with Gasteiger partial charge >= 0.3 is 6.03 Å². The standard InChI is InChI=1S/C22H15FN2O5/c23-17-7-2-1-4-15(17)12-25-20(26)18(24-22(25)29)11-16-8-9-19(30-16)13-5-3-6-14(10-13)21(27)28/h1-11H,12H2,(H,24,29)(H,27,28)/p-1/b18-11-. The number of hydrogen-bond acceptors (Lipinski definition) is 5. The number of carbonyl (C=O) groups is 3. The number of urea groups is 1. The third kappa shape index (κ3) is 3.70. The van der Waals surface area contributed by atoms with Gasteiger partial charge in [-0.25, -0.2) is 9.18 Å². The van der Waals surface area contributed by atoms with Crippen molar-refractivity contribution in [3.8, 4) is 11.3 Å². The molecule has 0 aliphatic carbocycles. The van der Waals surface area contributed by atoms with E-state index >= 15 is 0 Å². The van der Waals surface area contributed by atoms with E-state index in [1.54, 1.807) is 30.3 Å². The fraction of sp³-hybridized carbons (Fsp3) is 0.0455. The average Bonchev–Trinajstić information content (AvgIpc) is 3.30. The van der Waals surface area contributed by atoms with Crippen molar-refractivity contribution in [3.05, 3.63) is 89.1 Å². The second kappa shape index (κ2) is 7.67. The summed E-state index contributed by atoms with van der Waals surface area (Å²) in [4.78, 5) is 36.7. The van der Waals surface area contributed by atoms with Crippen LogP contribution in [0.3, 0.4) is 0 Å². The second-order valence-corrected chi connectivity index (χ2v) is 6.54. The summed E-state index contributed by atoms with van der Waals surface area (Å²) in [7, 11) is 0. The molecular formula is C22H14FN2O5-. The summed E-state index contributed by atoms with van der Waals surface area (Å²) in [6.07, 6.45) is 1.35. The third-order valence-corrected chi connectivity index (χ3v) is 4.54. The van der Waals surface area contributed by atoms with Crippen molar-refractivity contribution in [1.29, 1.82) is 0 Å². The lowest BCUT2D eigenvalue weighted by atomic mass is 10.1. The molecule has 1 aliphatic rings. The summed E-state index contributed by atoms with van der Waals surface area (Å²) in [5.41, 5.74) is 0.728. The Morgan fingerprint density at radius 3 is 2.67 bits per heavy atom. The summed E-state index contributed by atoms with van der Waals surface area (Å²) in [6, 6.07) is 14.4. The number of halogens is 1. The van der Waals surface area contributed by atoms with Gasteiger partial charge in [0, 0.05) is 17.2 Å². The Bertz CT molecular complexity index is 1200. The summed E-state index contributed by atoms with van der Waals surface area (Å²) < 4.78 is 19.5. The Labute approximate surface area is 170 Å². The molecule has 1 fully saturated rings. The van der Waals surface area contributed by atoms with Gasteiger partial charge in [0.05, 0.1) is 12.5 Å². The quantitative estimate of drug-likeness (QED) is 0.519. The van der Waals surface area contributed by atoms with Crippen molar-refractivity contribution in [2.45, 2.75) is 6.54 Å². The number of aromatic carboxylic acids is 1. The molecule has 8 heteroatoms. The molecule has 3 aromatic rings. The van der Waals surface area contributed by atoms with Gasteiger partial charge in [0.1, 0.15) is 23.0 Å². The van der Waals surface area contributed by atoms with Crippen molar-refractivity contribution < 1.29 is 28.3 Å². The number of nitrogens with zero attached hydrogens (tertiary/aromatic N) is 1. The van der Waals surface area contributed by atoms with E-state index in [1.807, 2.05) is 0 Å². The molecule has 1 aromatic heterocycles. The number of imide groups is 1. The number of hydrogen-bond donors (Lipinski definition) is 1. The molecule has 3 amide bonds. The molecule has 0 atom stereocenters. The van der Waals surface area contributed by atoms with E-state index in [9.17, 15) is 23.9 Å².